The lowest BCUT2D eigenvalue weighted by molar-refractivity contribution is -0.202. The quantitative estimate of drug-likeness (QED) is 0.151. The molecule has 0 amide bonds. The third-order valence-corrected chi connectivity index (χ3v) is 11.3. The van der Waals surface area contributed by atoms with Gasteiger partial charge < -0.3 is 9.29 Å². The minimum absolute atomic E-state index is 0.0407. The summed E-state index contributed by atoms with van der Waals surface area (Å²) in [5, 5.41) is -2.82. The molecule has 3 atom stereocenters. The summed E-state index contributed by atoms with van der Waals surface area (Å²) in [6.07, 6.45) is 6.52. The van der Waals surface area contributed by atoms with E-state index in [9.17, 15) is 30.5 Å². The first-order chi connectivity index (χ1) is 17.5. The predicted molar refractivity (Wildman–Crippen MR) is 137 cm³/mol. The smallest absolute Gasteiger partial charge is 0.396 e. The van der Waals surface area contributed by atoms with E-state index >= 15 is 0 Å². The first kappa shape index (κ1) is 28.5. The third-order valence-electron chi connectivity index (χ3n) is 7.85. The minimum atomic E-state index is -6.35. The summed E-state index contributed by atoms with van der Waals surface area (Å²) in [5.74, 6) is -3.29. The van der Waals surface area contributed by atoms with Crippen LogP contribution in [-0.2, 0) is 21.0 Å². The van der Waals surface area contributed by atoms with Gasteiger partial charge in [-0.1, -0.05) is 38.0 Å². The average molecular weight is 563 g/mol. The zero-order valence-corrected chi connectivity index (χ0v) is 22.6. The first-order valence-corrected chi connectivity index (χ1v) is 16.0. The predicted octanol–water partition coefficient (Wildman–Crippen LogP) is 6.99. The second-order valence-electron chi connectivity index (χ2n) is 10.3. The Morgan fingerprint density at radius 2 is 1.68 bits per heavy atom. The van der Waals surface area contributed by atoms with Gasteiger partial charge in [-0.25, -0.2) is 8.42 Å². The molecule has 0 N–H and O–H groups in total. The molecule has 206 valence electrons. The van der Waals surface area contributed by atoms with Crippen LogP contribution in [0.1, 0.15) is 58.3 Å². The second kappa shape index (κ2) is 11.3. The molecule has 5 rings (SSSR count). The summed E-state index contributed by atoms with van der Waals surface area (Å²) in [4.78, 5) is 1.56. The van der Waals surface area contributed by atoms with Gasteiger partial charge in [0.1, 0.15) is 17.3 Å². The Bertz CT molecular complexity index is 1180. The lowest BCUT2D eigenvalue weighted by Gasteiger charge is -2.36. The molecule has 0 radical (unpaired) electrons. The van der Waals surface area contributed by atoms with Crippen molar-refractivity contribution < 1.29 is 35.3 Å². The highest BCUT2D eigenvalue weighted by molar-refractivity contribution is 7.97. The maximum Gasteiger partial charge on any atom is 0.396 e. The molecule has 1 aliphatic heterocycles. The van der Waals surface area contributed by atoms with Gasteiger partial charge >= 0.3 is 11.2 Å². The maximum absolute atomic E-state index is 13.5. The summed E-state index contributed by atoms with van der Waals surface area (Å²) >= 11 is 0. The molecule has 1 saturated heterocycles. The molecule has 2 aromatic carbocycles. The van der Waals surface area contributed by atoms with E-state index < -0.39 is 33.1 Å². The number of hydrogen-bond donors (Lipinski definition) is 0. The van der Waals surface area contributed by atoms with Gasteiger partial charge in [-0.15, -0.1) is 0 Å². The van der Waals surface area contributed by atoms with E-state index in [4.69, 9.17) is 4.74 Å². The minimum Gasteiger partial charge on any atom is -0.743 e. The largest absolute Gasteiger partial charge is 0.743 e. The number of alkyl halides is 4. The molecule has 10 heteroatoms. The number of halogens is 4. The first-order valence-electron chi connectivity index (χ1n) is 13.0. The fourth-order valence-corrected chi connectivity index (χ4v) is 8.88. The van der Waals surface area contributed by atoms with Crippen molar-refractivity contribution in [2.75, 3.05) is 18.1 Å². The molecule has 37 heavy (non-hydrogen) atoms. The Kier molecular flexibility index (Phi) is 8.70. The van der Waals surface area contributed by atoms with Crippen LogP contribution in [-0.4, -0.2) is 42.3 Å². The van der Waals surface area contributed by atoms with Crippen LogP contribution in [0.2, 0.25) is 0 Å². The summed E-state index contributed by atoms with van der Waals surface area (Å²) in [7, 11) is -5.88. The van der Waals surface area contributed by atoms with Crippen LogP contribution in [0.4, 0.5) is 17.6 Å². The fourth-order valence-electron chi connectivity index (χ4n) is 5.89. The highest BCUT2D eigenvalue weighted by atomic mass is 32.2. The van der Waals surface area contributed by atoms with E-state index in [1.165, 1.54) is 41.5 Å². The van der Waals surface area contributed by atoms with E-state index in [2.05, 4.69) is 43.3 Å². The summed E-state index contributed by atoms with van der Waals surface area (Å²) < 4.78 is 89.9. The van der Waals surface area contributed by atoms with Crippen LogP contribution in [0.25, 0.3) is 10.8 Å². The third kappa shape index (κ3) is 5.76. The molecule has 0 aromatic heterocycles. The molecular weight excluding hydrogens is 528 g/mol. The Morgan fingerprint density at radius 3 is 2.24 bits per heavy atom. The zero-order valence-electron chi connectivity index (χ0n) is 20.9. The van der Waals surface area contributed by atoms with Gasteiger partial charge in [0.25, 0.3) is 0 Å². The van der Waals surface area contributed by atoms with Gasteiger partial charge in [-0.2, -0.15) is 17.6 Å². The Balaban J connectivity index is 0.000000176. The molecular formula is C27H34F4O4S2. The van der Waals surface area contributed by atoms with Crippen LogP contribution in [0.15, 0.2) is 41.3 Å². The van der Waals surface area contributed by atoms with Crippen molar-refractivity contribution in [2.24, 2.45) is 17.8 Å². The Morgan fingerprint density at radius 1 is 1.00 bits per heavy atom. The van der Waals surface area contributed by atoms with Crippen LogP contribution < -0.4 is 4.74 Å². The number of rotatable bonds is 8. The number of benzene rings is 2. The van der Waals surface area contributed by atoms with Crippen molar-refractivity contribution in [1.29, 1.82) is 0 Å². The maximum atomic E-state index is 13.5. The standard InChI is InChI=1S/C18H23OS.C9H12F4O3S/c1-2-3-12-19-17-10-11-18(20-13-6-7-14-20)16-9-5-4-8-15(16)17;10-8(11,9(12,13)17(14,15)16)7-4-5-1-2-6(7)3-5/h4-5,8-11H,2-3,6-7,12-14H2,1H3;5-7H,1-4H2,(H,14,15,16)/q+1;/p-1. The lowest BCUT2D eigenvalue weighted by atomic mass is 9.84. The van der Waals surface area contributed by atoms with Crippen molar-refractivity contribution in [1.82, 2.24) is 0 Å². The molecule has 2 aliphatic carbocycles. The van der Waals surface area contributed by atoms with Crippen LogP contribution in [0.3, 0.4) is 0 Å². The van der Waals surface area contributed by atoms with E-state index in [1.807, 2.05) is 0 Å². The molecule has 2 bridgehead atoms. The highest BCUT2D eigenvalue weighted by Gasteiger charge is 2.68. The average Bonchev–Trinajstić information content (AvgIpc) is 3.63. The zero-order chi connectivity index (χ0) is 26.8. The molecule has 2 aromatic rings. The molecule has 0 spiro atoms. The van der Waals surface area contributed by atoms with Gasteiger partial charge in [0.2, 0.25) is 0 Å². The van der Waals surface area contributed by atoms with E-state index in [0.29, 0.717) is 30.2 Å². The summed E-state index contributed by atoms with van der Waals surface area (Å²) in [6.45, 7) is 3.03. The molecule has 2 saturated carbocycles. The fraction of sp³-hybridized carbons (Fsp3) is 0.630. The lowest BCUT2D eigenvalue weighted by Crippen LogP contribution is -2.52. The number of fused-ring (bicyclic) bond motifs is 3. The number of unbranched alkanes of at least 4 members (excludes halogenated alkanes) is 1. The van der Waals surface area contributed by atoms with Crippen molar-refractivity contribution in [3.63, 3.8) is 0 Å². The van der Waals surface area contributed by atoms with Crippen molar-refractivity contribution in [3.05, 3.63) is 36.4 Å². The molecule has 3 aliphatic rings. The SMILES string of the molecule is CCCCOc1ccc([S+]2CCCC2)c2ccccc12.O=S(=O)([O-])C(F)(F)C(F)(F)C1CC2CCC1C2. The topological polar surface area (TPSA) is 66.4 Å². The molecule has 1 heterocycles. The monoisotopic (exact) mass is 562 g/mol. The molecule has 3 fully saturated rings. The van der Waals surface area contributed by atoms with E-state index in [1.54, 1.807) is 4.90 Å². The summed E-state index contributed by atoms with van der Waals surface area (Å²) in [6, 6.07) is 13.3. The van der Waals surface area contributed by atoms with Crippen LogP contribution in [0, 0.1) is 17.8 Å². The van der Waals surface area contributed by atoms with Gasteiger partial charge in [0.05, 0.1) is 6.61 Å². The Hall–Kier alpha value is -1.52. The highest BCUT2D eigenvalue weighted by Crippen LogP contribution is 2.58. The Labute approximate surface area is 219 Å². The number of hydrogen-bond acceptors (Lipinski definition) is 4. The normalized spacial score (nSPS) is 24.3. The summed E-state index contributed by atoms with van der Waals surface area (Å²) in [5.41, 5.74) is 0. The van der Waals surface area contributed by atoms with Crippen LogP contribution in [0.5, 0.6) is 5.75 Å². The van der Waals surface area contributed by atoms with Crippen LogP contribution >= 0.6 is 0 Å². The molecule has 4 nitrogen and oxygen atoms in total. The van der Waals surface area contributed by atoms with Gasteiger partial charge in [-0.3, -0.25) is 0 Å². The van der Waals surface area contributed by atoms with E-state index in [0.717, 1.165) is 18.8 Å². The van der Waals surface area contributed by atoms with Gasteiger partial charge in [-0.05, 0) is 68.6 Å². The number of ether oxygens (including phenoxy) is 1. The van der Waals surface area contributed by atoms with Gasteiger partial charge in [0.15, 0.2) is 15.0 Å². The second-order valence-corrected chi connectivity index (χ2v) is 14.0. The van der Waals surface area contributed by atoms with Crippen molar-refractivity contribution in [2.45, 2.75) is 74.4 Å². The van der Waals surface area contributed by atoms with Crippen molar-refractivity contribution in [3.8, 4) is 5.75 Å². The molecule has 3 unspecified atom stereocenters. The van der Waals surface area contributed by atoms with E-state index in [-0.39, 0.29) is 12.3 Å². The van der Waals surface area contributed by atoms with Gasteiger partial charge in [0, 0.05) is 27.6 Å². The van der Waals surface area contributed by atoms with Crippen molar-refractivity contribution >= 4 is 31.8 Å².